The van der Waals surface area contributed by atoms with Gasteiger partial charge in [-0.25, -0.2) is 13.4 Å². The van der Waals surface area contributed by atoms with Crippen molar-refractivity contribution in [1.82, 2.24) is 14.9 Å². The average Bonchev–Trinajstić information content (AvgIpc) is 3.16. The summed E-state index contributed by atoms with van der Waals surface area (Å²) in [5.74, 6) is 0.716. The van der Waals surface area contributed by atoms with Gasteiger partial charge in [-0.2, -0.15) is 4.31 Å². The number of methoxy groups -OCH3 is 1. The quantitative estimate of drug-likeness (QED) is 0.248. The van der Waals surface area contributed by atoms with E-state index in [4.69, 9.17) is 4.74 Å². The summed E-state index contributed by atoms with van der Waals surface area (Å²) >= 11 is 0. The number of hydrogen-bond acceptors (Lipinski definition) is 4. The van der Waals surface area contributed by atoms with Crippen LogP contribution in [-0.2, 0) is 21.3 Å². The highest BCUT2D eigenvalue weighted by atomic mass is 127. The van der Waals surface area contributed by atoms with Crippen molar-refractivity contribution in [1.29, 1.82) is 0 Å². The first-order chi connectivity index (χ1) is 12.1. The van der Waals surface area contributed by atoms with E-state index < -0.39 is 10.0 Å². The van der Waals surface area contributed by atoms with Gasteiger partial charge in [0.2, 0.25) is 10.0 Å². The summed E-state index contributed by atoms with van der Waals surface area (Å²) in [6, 6.07) is 6.99. The third kappa shape index (κ3) is 6.67. The van der Waals surface area contributed by atoms with E-state index in [0.717, 1.165) is 24.9 Å². The molecule has 0 amide bonds. The number of sulfonamides is 1. The Balaban J connectivity index is 0.00000338. The van der Waals surface area contributed by atoms with Crippen molar-refractivity contribution in [2.24, 2.45) is 4.99 Å². The van der Waals surface area contributed by atoms with Crippen LogP contribution in [-0.4, -0.2) is 58.6 Å². The van der Waals surface area contributed by atoms with Gasteiger partial charge in [0.25, 0.3) is 0 Å². The van der Waals surface area contributed by atoms with Crippen LogP contribution >= 0.6 is 24.0 Å². The summed E-state index contributed by atoms with van der Waals surface area (Å²) in [4.78, 5) is 4.86. The van der Waals surface area contributed by atoms with Gasteiger partial charge in [-0.05, 0) is 37.5 Å². The lowest BCUT2D eigenvalue weighted by atomic mass is 10.2. The Morgan fingerprint density at radius 1 is 1.19 bits per heavy atom. The molecule has 0 atom stereocenters. The number of benzene rings is 1. The van der Waals surface area contributed by atoms with E-state index in [9.17, 15) is 8.42 Å². The molecular weight excluding hydrogens is 467 g/mol. The lowest BCUT2D eigenvalue weighted by Crippen LogP contribution is -2.38. The Bertz CT molecular complexity index is 659. The topological polar surface area (TPSA) is 83.0 Å². The van der Waals surface area contributed by atoms with Crippen molar-refractivity contribution in [2.75, 3.05) is 39.9 Å². The van der Waals surface area contributed by atoms with Crippen molar-refractivity contribution in [3.05, 3.63) is 29.8 Å². The lowest BCUT2D eigenvalue weighted by molar-refractivity contribution is 0.203. The van der Waals surface area contributed by atoms with Gasteiger partial charge in [0.1, 0.15) is 0 Å². The van der Waals surface area contributed by atoms with Crippen molar-refractivity contribution < 1.29 is 13.2 Å². The SMILES string of the molecule is CCNC(=NCc1ccc(S(=O)(=O)N2CCCC2)cc1)NCCOC.I. The second-order valence-corrected chi connectivity index (χ2v) is 7.81. The predicted molar refractivity (Wildman–Crippen MR) is 115 cm³/mol. The fourth-order valence-electron chi connectivity index (χ4n) is 2.63. The fraction of sp³-hybridized carbons (Fsp3) is 0.588. The standard InChI is InChI=1S/C17H28N4O3S.HI/c1-3-18-17(19-10-13-24-2)20-14-15-6-8-16(9-7-15)25(22,23)21-11-4-5-12-21;/h6-9H,3-5,10-14H2,1-2H3,(H2,18,19,20);1H. The summed E-state index contributed by atoms with van der Waals surface area (Å²) in [5, 5.41) is 6.34. The molecule has 1 heterocycles. The fourth-order valence-corrected chi connectivity index (χ4v) is 4.15. The van der Waals surface area contributed by atoms with Crippen LogP contribution in [0.15, 0.2) is 34.2 Å². The Kier molecular flexibility index (Phi) is 10.4. The van der Waals surface area contributed by atoms with Crippen LogP contribution < -0.4 is 10.6 Å². The number of ether oxygens (including phenoxy) is 1. The molecule has 1 aliphatic heterocycles. The molecule has 2 N–H and O–H groups in total. The van der Waals surface area contributed by atoms with Crippen molar-refractivity contribution in [3.63, 3.8) is 0 Å². The van der Waals surface area contributed by atoms with Crippen molar-refractivity contribution >= 4 is 40.0 Å². The molecule has 1 fully saturated rings. The van der Waals surface area contributed by atoms with E-state index in [1.54, 1.807) is 23.5 Å². The highest BCUT2D eigenvalue weighted by Gasteiger charge is 2.26. The van der Waals surface area contributed by atoms with Gasteiger partial charge < -0.3 is 15.4 Å². The smallest absolute Gasteiger partial charge is 0.243 e. The molecule has 0 spiro atoms. The molecule has 0 bridgehead atoms. The Morgan fingerprint density at radius 2 is 1.85 bits per heavy atom. The monoisotopic (exact) mass is 496 g/mol. The number of rotatable bonds is 8. The van der Waals surface area contributed by atoms with E-state index in [1.807, 2.05) is 19.1 Å². The normalized spacial score (nSPS) is 15.5. The van der Waals surface area contributed by atoms with Gasteiger partial charge in [0, 0.05) is 33.3 Å². The zero-order valence-corrected chi connectivity index (χ0v) is 18.5. The minimum absolute atomic E-state index is 0. The number of halogens is 1. The molecule has 0 unspecified atom stereocenters. The van der Waals surface area contributed by atoms with Crippen molar-refractivity contribution in [3.8, 4) is 0 Å². The highest BCUT2D eigenvalue weighted by Crippen LogP contribution is 2.21. The summed E-state index contributed by atoms with van der Waals surface area (Å²) in [6.07, 6.45) is 1.88. The molecule has 9 heteroatoms. The van der Waals surface area contributed by atoms with E-state index in [0.29, 0.717) is 43.6 Å². The minimum atomic E-state index is -3.35. The van der Waals surface area contributed by atoms with Crippen LogP contribution in [0.2, 0.25) is 0 Å². The minimum Gasteiger partial charge on any atom is -0.383 e. The van der Waals surface area contributed by atoms with Gasteiger partial charge in [0.15, 0.2) is 5.96 Å². The molecule has 1 aliphatic rings. The Hall–Kier alpha value is -0.910. The van der Waals surface area contributed by atoms with E-state index in [-0.39, 0.29) is 24.0 Å². The number of nitrogens with one attached hydrogen (secondary N) is 2. The van der Waals surface area contributed by atoms with E-state index in [1.165, 1.54) is 0 Å². The lowest BCUT2D eigenvalue weighted by Gasteiger charge is -2.15. The van der Waals surface area contributed by atoms with Gasteiger partial charge in [0.05, 0.1) is 18.0 Å². The van der Waals surface area contributed by atoms with Crippen LogP contribution in [0, 0.1) is 0 Å². The molecular formula is C17H29IN4O3S. The number of guanidine groups is 1. The molecule has 7 nitrogen and oxygen atoms in total. The van der Waals surface area contributed by atoms with Crippen molar-refractivity contribution in [2.45, 2.75) is 31.2 Å². The first-order valence-corrected chi connectivity index (χ1v) is 10.1. The average molecular weight is 496 g/mol. The van der Waals surface area contributed by atoms with Gasteiger partial charge >= 0.3 is 0 Å². The Morgan fingerprint density at radius 3 is 2.42 bits per heavy atom. The van der Waals surface area contributed by atoms with Gasteiger partial charge in [-0.3, -0.25) is 0 Å². The zero-order valence-electron chi connectivity index (χ0n) is 15.4. The maximum absolute atomic E-state index is 12.5. The maximum Gasteiger partial charge on any atom is 0.243 e. The summed E-state index contributed by atoms with van der Waals surface area (Å²) in [5.41, 5.74) is 0.962. The first-order valence-electron chi connectivity index (χ1n) is 8.68. The summed E-state index contributed by atoms with van der Waals surface area (Å²) < 4.78 is 31.6. The predicted octanol–water partition coefficient (Wildman–Crippen LogP) is 1.79. The van der Waals surface area contributed by atoms with Crippen LogP contribution in [0.5, 0.6) is 0 Å². The number of hydrogen-bond donors (Lipinski definition) is 2. The third-order valence-electron chi connectivity index (χ3n) is 3.99. The van der Waals surface area contributed by atoms with Crippen LogP contribution in [0.3, 0.4) is 0 Å². The first kappa shape index (κ1) is 23.1. The molecule has 26 heavy (non-hydrogen) atoms. The second kappa shape index (κ2) is 11.7. The number of aliphatic imine (C=N–C) groups is 1. The number of nitrogens with zero attached hydrogens (tertiary/aromatic N) is 2. The molecule has 148 valence electrons. The second-order valence-electron chi connectivity index (χ2n) is 5.87. The maximum atomic E-state index is 12.5. The van der Waals surface area contributed by atoms with Gasteiger partial charge in [-0.15, -0.1) is 24.0 Å². The van der Waals surface area contributed by atoms with Gasteiger partial charge in [-0.1, -0.05) is 12.1 Å². The third-order valence-corrected chi connectivity index (χ3v) is 5.90. The summed E-state index contributed by atoms with van der Waals surface area (Å²) in [6.45, 7) is 5.77. The van der Waals surface area contributed by atoms with Crippen LogP contribution in [0.1, 0.15) is 25.3 Å². The van der Waals surface area contributed by atoms with Crippen LogP contribution in [0.4, 0.5) is 0 Å². The Labute approximate surface area is 173 Å². The van der Waals surface area contributed by atoms with Crippen LogP contribution in [0.25, 0.3) is 0 Å². The molecule has 0 radical (unpaired) electrons. The summed E-state index contributed by atoms with van der Waals surface area (Å²) in [7, 11) is -1.70. The molecule has 2 rings (SSSR count). The molecule has 0 aromatic heterocycles. The molecule has 1 aromatic carbocycles. The zero-order chi connectivity index (χ0) is 18.1. The largest absolute Gasteiger partial charge is 0.383 e. The van der Waals surface area contributed by atoms with E-state index >= 15 is 0 Å². The molecule has 0 aliphatic carbocycles. The molecule has 1 saturated heterocycles. The molecule has 0 saturated carbocycles. The highest BCUT2D eigenvalue weighted by molar-refractivity contribution is 14.0. The molecule has 1 aromatic rings. The van der Waals surface area contributed by atoms with E-state index in [2.05, 4.69) is 15.6 Å².